The molecule has 0 saturated heterocycles. The molecule has 0 unspecified atom stereocenters. The van der Waals surface area contributed by atoms with Crippen LogP contribution >= 0.6 is 0 Å². The van der Waals surface area contributed by atoms with Crippen LogP contribution in [0.4, 0.5) is 5.69 Å². The third kappa shape index (κ3) is 4.87. The van der Waals surface area contributed by atoms with Gasteiger partial charge < -0.3 is 20.5 Å². The number of aliphatic imine (C=N–C) groups is 1. The molecule has 6 nitrogen and oxygen atoms in total. The molecule has 0 aliphatic heterocycles. The van der Waals surface area contributed by atoms with Crippen LogP contribution in [0.25, 0.3) is 0 Å². The molecule has 3 rings (SSSR count). The van der Waals surface area contributed by atoms with Crippen molar-refractivity contribution in [2.75, 3.05) is 19.0 Å². The van der Waals surface area contributed by atoms with E-state index in [0.717, 1.165) is 29.5 Å². The van der Waals surface area contributed by atoms with Crippen LogP contribution in [-0.2, 0) is 6.54 Å². The van der Waals surface area contributed by atoms with E-state index >= 15 is 0 Å². The average molecular weight is 326 g/mol. The summed E-state index contributed by atoms with van der Waals surface area (Å²) in [6.07, 6.45) is 4.31. The molecular formula is C18H22N4O2. The molecule has 6 heteroatoms. The van der Waals surface area contributed by atoms with Gasteiger partial charge in [-0.1, -0.05) is 12.1 Å². The zero-order valence-electron chi connectivity index (χ0n) is 13.7. The second kappa shape index (κ2) is 7.68. The maximum absolute atomic E-state index is 5.92. The fraction of sp³-hybridized carbons (Fsp3) is 0.333. The molecule has 0 bridgehead atoms. The Labute approximate surface area is 141 Å². The summed E-state index contributed by atoms with van der Waals surface area (Å²) >= 11 is 0. The number of nitrogens with two attached hydrogens (primary N) is 1. The highest BCUT2D eigenvalue weighted by molar-refractivity contribution is 5.92. The van der Waals surface area contributed by atoms with Crippen molar-refractivity contribution < 1.29 is 9.47 Å². The van der Waals surface area contributed by atoms with E-state index < -0.39 is 0 Å². The van der Waals surface area contributed by atoms with Gasteiger partial charge >= 0.3 is 0 Å². The van der Waals surface area contributed by atoms with Gasteiger partial charge in [-0.05, 0) is 36.5 Å². The number of hydrogen-bond acceptors (Lipinski definition) is 4. The largest absolute Gasteiger partial charge is 0.497 e. The predicted octanol–water partition coefficient (Wildman–Crippen LogP) is 2.81. The molecule has 0 radical (unpaired) electrons. The Balaban J connectivity index is 1.51. The minimum absolute atomic E-state index is 0.345. The number of hydrogen-bond donors (Lipinski definition) is 2. The summed E-state index contributed by atoms with van der Waals surface area (Å²) < 4.78 is 10.8. The van der Waals surface area contributed by atoms with E-state index in [-0.39, 0.29) is 0 Å². The van der Waals surface area contributed by atoms with Crippen LogP contribution in [0.15, 0.2) is 47.6 Å². The highest BCUT2D eigenvalue weighted by atomic mass is 16.5. The summed E-state index contributed by atoms with van der Waals surface area (Å²) in [5.74, 6) is 2.49. The number of anilines is 1. The summed E-state index contributed by atoms with van der Waals surface area (Å²) in [5.41, 5.74) is 7.72. The standard InChI is InChI=1S/C18H22N4O2/c1-23-16-4-2-3-15(9-16)22-18(19)21-11-14-7-8-17(20-10-14)24-12-13-5-6-13/h2-4,7-10,13H,5-6,11-12H2,1H3,(H3,19,21,22). The topological polar surface area (TPSA) is 81.8 Å². The summed E-state index contributed by atoms with van der Waals surface area (Å²) in [6, 6.07) is 11.3. The molecule has 1 aliphatic rings. The number of rotatable bonds is 7. The van der Waals surface area contributed by atoms with Gasteiger partial charge in [0.25, 0.3) is 0 Å². The number of nitrogens with one attached hydrogen (secondary N) is 1. The lowest BCUT2D eigenvalue weighted by molar-refractivity contribution is 0.288. The van der Waals surface area contributed by atoms with Gasteiger partial charge in [0, 0.05) is 24.0 Å². The molecule has 0 amide bonds. The summed E-state index contributed by atoms with van der Waals surface area (Å²) in [4.78, 5) is 8.61. The lowest BCUT2D eigenvalue weighted by Crippen LogP contribution is -2.22. The number of aromatic nitrogens is 1. The zero-order chi connectivity index (χ0) is 16.8. The second-order valence-electron chi connectivity index (χ2n) is 5.82. The Morgan fingerprint density at radius 3 is 2.92 bits per heavy atom. The van der Waals surface area contributed by atoms with E-state index in [0.29, 0.717) is 18.4 Å². The Morgan fingerprint density at radius 1 is 1.33 bits per heavy atom. The summed E-state index contributed by atoms with van der Waals surface area (Å²) in [5, 5.41) is 3.04. The number of benzene rings is 1. The van der Waals surface area contributed by atoms with Crippen molar-refractivity contribution in [3.05, 3.63) is 48.2 Å². The van der Waals surface area contributed by atoms with Crippen molar-refractivity contribution >= 4 is 11.6 Å². The number of guanidine groups is 1. The Kier molecular flexibility index (Phi) is 5.15. The second-order valence-corrected chi connectivity index (χ2v) is 5.82. The first-order chi connectivity index (χ1) is 11.7. The van der Waals surface area contributed by atoms with E-state index in [1.807, 2.05) is 36.4 Å². The average Bonchev–Trinajstić information content (AvgIpc) is 3.44. The molecule has 1 saturated carbocycles. The van der Waals surface area contributed by atoms with Crippen molar-refractivity contribution in [3.8, 4) is 11.6 Å². The highest BCUT2D eigenvalue weighted by Crippen LogP contribution is 2.29. The molecule has 24 heavy (non-hydrogen) atoms. The first-order valence-electron chi connectivity index (χ1n) is 8.01. The van der Waals surface area contributed by atoms with Crippen molar-refractivity contribution in [2.24, 2.45) is 16.6 Å². The maximum atomic E-state index is 5.92. The minimum atomic E-state index is 0.345. The number of pyridine rings is 1. The molecule has 1 aromatic carbocycles. The third-order valence-corrected chi connectivity index (χ3v) is 3.74. The van der Waals surface area contributed by atoms with Gasteiger partial charge in [0.05, 0.1) is 20.3 Å². The van der Waals surface area contributed by atoms with Gasteiger partial charge in [0.1, 0.15) is 5.75 Å². The Morgan fingerprint density at radius 2 is 2.21 bits per heavy atom. The molecule has 1 aromatic heterocycles. The molecule has 0 atom stereocenters. The van der Waals surface area contributed by atoms with E-state index in [1.165, 1.54) is 12.8 Å². The quantitative estimate of drug-likeness (QED) is 0.604. The maximum Gasteiger partial charge on any atom is 0.213 e. The van der Waals surface area contributed by atoms with E-state index in [4.69, 9.17) is 15.2 Å². The zero-order valence-corrected chi connectivity index (χ0v) is 13.7. The van der Waals surface area contributed by atoms with E-state index in [2.05, 4.69) is 15.3 Å². The van der Waals surface area contributed by atoms with Gasteiger partial charge in [0.2, 0.25) is 5.88 Å². The molecule has 126 valence electrons. The fourth-order valence-corrected chi connectivity index (χ4v) is 2.14. The van der Waals surface area contributed by atoms with Crippen LogP contribution in [0.2, 0.25) is 0 Å². The summed E-state index contributed by atoms with van der Waals surface area (Å²) in [7, 11) is 1.63. The van der Waals surface area contributed by atoms with Crippen LogP contribution in [0.5, 0.6) is 11.6 Å². The molecule has 2 aromatic rings. The first kappa shape index (κ1) is 16.1. The van der Waals surface area contributed by atoms with Gasteiger partial charge in [-0.2, -0.15) is 0 Å². The Bertz CT molecular complexity index is 696. The molecule has 1 aliphatic carbocycles. The number of nitrogens with zero attached hydrogens (tertiary/aromatic N) is 2. The van der Waals surface area contributed by atoms with Crippen LogP contribution in [0.3, 0.4) is 0 Å². The van der Waals surface area contributed by atoms with E-state index in [1.54, 1.807) is 13.3 Å². The Hall–Kier alpha value is -2.76. The van der Waals surface area contributed by atoms with Crippen molar-refractivity contribution in [1.82, 2.24) is 4.98 Å². The molecule has 3 N–H and O–H groups in total. The monoisotopic (exact) mass is 326 g/mol. The highest BCUT2D eigenvalue weighted by Gasteiger charge is 2.21. The molecule has 0 spiro atoms. The van der Waals surface area contributed by atoms with Crippen molar-refractivity contribution in [2.45, 2.75) is 19.4 Å². The van der Waals surface area contributed by atoms with Crippen molar-refractivity contribution in [1.29, 1.82) is 0 Å². The van der Waals surface area contributed by atoms with Crippen molar-refractivity contribution in [3.63, 3.8) is 0 Å². The third-order valence-electron chi connectivity index (χ3n) is 3.74. The lowest BCUT2D eigenvalue weighted by atomic mass is 10.3. The van der Waals surface area contributed by atoms with Gasteiger partial charge in [0.15, 0.2) is 5.96 Å². The molecule has 1 fully saturated rings. The van der Waals surface area contributed by atoms with Crippen LogP contribution < -0.4 is 20.5 Å². The molecule has 1 heterocycles. The van der Waals surface area contributed by atoms with E-state index in [9.17, 15) is 0 Å². The minimum Gasteiger partial charge on any atom is -0.497 e. The summed E-state index contributed by atoms with van der Waals surface area (Å²) in [6.45, 7) is 1.22. The fourth-order valence-electron chi connectivity index (χ4n) is 2.14. The van der Waals surface area contributed by atoms with Gasteiger partial charge in [-0.3, -0.25) is 0 Å². The van der Waals surface area contributed by atoms with Crippen LogP contribution in [0.1, 0.15) is 18.4 Å². The predicted molar refractivity (Wildman–Crippen MR) is 94.4 cm³/mol. The normalized spacial score (nSPS) is 14.3. The van der Waals surface area contributed by atoms with Gasteiger partial charge in [-0.15, -0.1) is 0 Å². The lowest BCUT2D eigenvalue weighted by Gasteiger charge is -2.07. The number of methoxy groups -OCH3 is 1. The SMILES string of the molecule is COc1cccc(NC(N)=NCc2ccc(OCC3CC3)nc2)c1. The smallest absolute Gasteiger partial charge is 0.213 e. The molecular weight excluding hydrogens is 304 g/mol. The number of ether oxygens (including phenoxy) is 2. The van der Waals surface area contributed by atoms with Crippen LogP contribution in [-0.4, -0.2) is 24.7 Å². The van der Waals surface area contributed by atoms with Gasteiger partial charge in [-0.25, -0.2) is 9.98 Å². The first-order valence-corrected chi connectivity index (χ1v) is 8.01. The van der Waals surface area contributed by atoms with Crippen LogP contribution in [0, 0.1) is 5.92 Å².